The number of hydrogen-bond donors (Lipinski definition) is 1. The second-order valence-electron chi connectivity index (χ2n) is 4.54. The van der Waals surface area contributed by atoms with Crippen LogP contribution in [0.1, 0.15) is 12.8 Å². The molecule has 1 unspecified atom stereocenters. The minimum Gasteiger partial charge on any atom is -0.384 e. The van der Waals surface area contributed by atoms with E-state index < -0.39 is 0 Å². The quantitative estimate of drug-likeness (QED) is 0.861. The molecule has 1 fully saturated rings. The maximum atomic E-state index is 12.0. The first-order chi connectivity index (χ1) is 8.75. The van der Waals surface area contributed by atoms with Gasteiger partial charge < -0.3 is 10.5 Å². The van der Waals surface area contributed by atoms with Crippen LogP contribution < -0.4 is 11.4 Å². The molecule has 2 N–H and O–H groups in total. The average molecular weight is 245 g/mol. The Kier molecular flexibility index (Phi) is 2.76. The van der Waals surface area contributed by atoms with E-state index in [2.05, 4.69) is 4.98 Å². The fraction of sp³-hybridized carbons (Fsp3) is 0.385. The minimum atomic E-state index is -0.304. The van der Waals surface area contributed by atoms with Crippen LogP contribution in [-0.4, -0.2) is 22.3 Å². The van der Waals surface area contributed by atoms with Crippen molar-refractivity contribution in [3.8, 4) is 0 Å². The number of hydrogen-bond acceptors (Lipinski definition) is 4. The first-order valence-electron chi connectivity index (χ1n) is 6.12. The Balaban J connectivity index is 2.07. The molecule has 0 saturated carbocycles. The molecule has 0 amide bonds. The number of ether oxygens (including phenoxy) is 1. The van der Waals surface area contributed by atoms with Crippen molar-refractivity contribution < 1.29 is 4.74 Å². The van der Waals surface area contributed by atoms with Gasteiger partial charge in [0.2, 0.25) is 0 Å². The summed E-state index contributed by atoms with van der Waals surface area (Å²) in [5.41, 5.74) is 6.40. The number of nitrogen functional groups attached to an aromatic ring is 1. The molecule has 2 heterocycles. The molecule has 5 nitrogen and oxygen atoms in total. The maximum Gasteiger partial charge on any atom is 0.349 e. The maximum absolute atomic E-state index is 12.0. The third-order valence-electron chi connectivity index (χ3n) is 3.33. The van der Waals surface area contributed by atoms with Crippen LogP contribution in [0.3, 0.4) is 0 Å². The van der Waals surface area contributed by atoms with Crippen molar-refractivity contribution in [3.05, 3.63) is 34.7 Å². The van der Waals surface area contributed by atoms with Gasteiger partial charge in [-0.05, 0) is 25.0 Å². The molecule has 1 saturated heterocycles. The van der Waals surface area contributed by atoms with Gasteiger partial charge in [-0.25, -0.2) is 4.79 Å². The van der Waals surface area contributed by atoms with Crippen LogP contribution in [0, 0.1) is 0 Å². The van der Waals surface area contributed by atoms with E-state index >= 15 is 0 Å². The molecule has 94 valence electrons. The van der Waals surface area contributed by atoms with Crippen molar-refractivity contribution in [1.82, 2.24) is 9.55 Å². The topological polar surface area (TPSA) is 70.1 Å². The summed E-state index contributed by atoms with van der Waals surface area (Å²) in [5.74, 6) is 0.473. The lowest BCUT2D eigenvalue weighted by molar-refractivity contribution is 0.0964. The van der Waals surface area contributed by atoms with Gasteiger partial charge in [0, 0.05) is 12.0 Å². The zero-order valence-corrected chi connectivity index (χ0v) is 10.0. The van der Waals surface area contributed by atoms with E-state index in [9.17, 15) is 4.79 Å². The predicted molar refractivity (Wildman–Crippen MR) is 69.4 cm³/mol. The highest BCUT2D eigenvalue weighted by Gasteiger charge is 2.18. The lowest BCUT2D eigenvalue weighted by Gasteiger charge is -2.14. The molecule has 0 spiro atoms. The number of rotatable bonds is 2. The number of benzene rings is 1. The highest BCUT2D eigenvalue weighted by Crippen LogP contribution is 2.19. The van der Waals surface area contributed by atoms with E-state index in [0.717, 1.165) is 24.8 Å². The van der Waals surface area contributed by atoms with Crippen molar-refractivity contribution in [2.75, 3.05) is 12.3 Å². The van der Waals surface area contributed by atoms with Crippen molar-refractivity contribution >= 4 is 16.7 Å². The predicted octanol–water partition coefficient (Wildman–Crippen LogP) is 1.16. The van der Waals surface area contributed by atoms with Crippen LogP contribution >= 0.6 is 0 Å². The summed E-state index contributed by atoms with van der Waals surface area (Å²) in [6, 6.07) is 7.41. The van der Waals surface area contributed by atoms with Gasteiger partial charge >= 0.3 is 5.69 Å². The lowest BCUT2D eigenvalue weighted by atomic mass is 10.2. The Hall–Kier alpha value is -1.88. The van der Waals surface area contributed by atoms with Crippen molar-refractivity contribution in [1.29, 1.82) is 0 Å². The molecular formula is C13H15N3O2. The molecule has 1 aliphatic heterocycles. The summed E-state index contributed by atoms with van der Waals surface area (Å²) in [7, 11) is 0. The Morgan fingerprint density at radius 3 is 3.06 bits per heavy atom. The van der Waals surface area contributed by atoms with Crippen LogP contribution in [0.4, 0.5) is 5.82 Å². The molecule has 1 aromatic heterocycles. The molecule has 0 radical (unpaired) electrons. The molecule has 0 bridgehead atoms. The summed E-state index contributed by atoms with van der Waals surface area (Å²) in [6.45, 7) is 1.25. The van der Waals surface area contributed by atoms with Gasteiger partial charge in [0.05, 0.1) is 18.2 Å². The Bertz CT molecular complexity index is 630. The first-order valence-corrected chi connectivity index (χ1v) is 6.12. The normalized spacial score (nSPS) is 19.4. The molecule has 18 heavy (non-hydrogen) atoms. The monoisotopic (exact) mass is 245 g/mol. The van der Waals surface area contributed by atoms with Crippen LogP contribution in [-0.2, 0) is 11.3 Å². The standard InChI is InChI=1S/C13H15N3O2/c14-12-10-5-1-2-6-11(10)15-13(17)16(12)8-9-4-3-7-18-9/h1-2,5-6,9H,3-4,7-8,14H2. The highest BCUT2D eigenvalue weighted by atomic mass is 16.5. The summed E-state index contributed by atoms with van der Waals surface area (Å²) in [6.07, 6.45) is 2.09. The Morgan fingerprint density at radius 1 is 1.44 bits per heavy atom. The molecule has 2 aromatic rings. The summed E-state index contributed by atoms with van der Waals surface area (Å²) >= 11 is 0. The van der Waals surface area contributed by atoms with E-state index in [1.165, 1.54) is 4.57 Å². The highest BCUT2D eigenvalue weighted by molar-refractivity contribution is 5.87. The summed E-state index contributed by atoms with van der Waals surface area (Å²) < 4.78 is 7.05. The molecule has 3 rings (SSSR count). The van der Waals surface area contributed by atoms with Crippen molar-refractivity contribution in [3.63, 3.8) is 0 Å². The first kappa shape index (κ1) is 11.2. The zero-order valence-electron chi connectivity index (χ0n) is 10.0. The Labute approximate surface area is 104 Å². The zero-order chi connectivity index (χ0) is 12.5. The van der Waals surface area contributed by atoms with E-state index in [0.29, 0.717) is 17.9 Å². The van der Waals surface area contributed by atoms with Gasteiger partial charge in [-0.2, -0.15) is 4.98 Å². The van der Waals surface area contributed by atoms with Gasteiger partial charge in [-0.15, -0.1) is 0 Å². The third kappa shape index (κ3) is 1.86. The SMILES string of the molecule is Nc1c2ccccc2nc(=O)n1CC1CCCO1. The van der Waals surface area contributed by atoms with E-state index in [1.54, 1.807) is 6.07 Å². The minimum absolute atomic E-state index is 0.0768. The fourth-order valence-corrected chi connectivity index (χ4v) is 2.37. The number of para-hydroxylation sites is 1. The number of anilines is 1. The smallest absolute Gasteiger partial charge is 0.349 e. The average Bonchev–Trinajstić information content (AvgIpc) is 2.87. The van der Waals surface area contributed by atoms with Crippen LogP contribution in [0.5, 0.6) is 0 Å². The number of fused-ring (bicyclic) bond motifs is 1. The number of aromatic nitrogens is 2. The van der Waals surface area contributed by atoms with Crippen molar-refractivity contribution in [2.45, 2.75) is 25.5 Å². The fourth-order valence-electron chi connectivity index (χ4n) is 2.37. The van der Waals surface area contributed by atoms with Crippen LogP contribution in [0.25, 0.3) is 10.9 Å². The molecule has 0 aliphatic carbocycles. The molecule has 1 aromatic carbocycles. The van der Waals surface area contributed by atoms with Gasteiger partial charge in [0.25, 0.3) is 0 Å². The van der Waals surface area contributed by atoms with Gasteiger partial charge in [0.1, 0.15) is 5.82 Å². The third-order valence-corrected chi connectivity index (χ3v) is 3.33. The summed E-state index contributed by atoms with van der Waals surface area (Å²) in [5, 5.41) is 0.815. The second-order valence-corrected chi connectivity index (χ2v) is 4.54. The Morgan fingerprint density at radius 2 is 2.28 bits per heavy atom. The van der Waals surface area contributed by atoms with Gasteiger partial charge in [-0.1, -0.05) is 12.1 Å². The van der Waals surface area contributed by atoms with E-state index in [1.807, 2.05) is 18.2 Å². The molecule has 1 aliphatic rings. The molecule has 1 atom stereocenters. The summed E-state index contributed by atoms with van der Waals surface area (Å²) in [4.78, 5) is 16.0. The largest absolute Gasteiger partial charge is 0.384 e. The van der Waals surface area contributed by atoms with Crippen LogP contribution in [0.15, 0.2) is 29.1 Å². The number of nitrogens with two attached hydrogens (primary N) is 1. The molecular weight excluding hydrogens is 230 g/mol. The number of nitrogens with zero attached hydrogens (tertiary/aromatic N) is 2. The van der Waals surface area contributed by atoms with E-state index in [4.69, 9.17) is 10.5 Å². The van der Waals surface area contributed by atoms with Crippen molar-refractivity contribution in [2.24, 2.45) is 0 Å². The van der Waals surface area contributed by atoms with Crippen LogP contribution in [0.2, 0.25) is 0 Å². The van der Waals surface area contributed by atoms with Gasteiger partial charge in [0.15, 0.2) is 0 Å². The lowest BCUT2D eigenvalue weighted by Crippen LogP contribution is -2.30. The second kappa shape index (κ2) is 4.42. The molecule has 5 heteroatoms. The van der Waals surface area contributed by atoms with E-state index in [-0.39, 0.29) is 11.8 Å². The van der Waals surface area contributed by atoms with Gasteiger partial charge in [-0.3, -0.25) is 4.57 Å².